The first-order chi connectivity index (χ1) is 8.97. The molecule has 0 atom stereocenters. The number of rotatable bonds is 2. The summed E-state index contributed by atoms with van der Waals surface area (Å²) in [6.45, 7) is 4.04. The van der Waals surface area contributed by atoms with Crippen LogP contribution in [0.1, 0.15) is 21.5 Å². The Morgan fingerprint density at radius 1 is 1.16 bits per heavy atom. The van der Waals surface area contributed by atoms with Gasteiger partial charge in [0.25, 0.3) is 5.91 Å². The van der Waals surface area contributed by atoms with E-state index in [9.17, 15) is 4.79 Å². The summed E-state index contributed by atoms with van der Waals surface area (Å²) in [6.07, 6.45) is 0. The van der Waals surface area contributed by atoms with Gasteiger partial charge in [0.1, 0.15) is 0 Å². The van der Waals surface area contributed by atoms with Gasteiger partial charge in [-0.25, -0.2) is 0 Å². The van der Waals surface area contributed by atoms with Gasteiger partial charge in [-0.3, -0.25) is 4.79 Å². The van der Waals surface area contributed by atoms with Crippen LogP contribution in [0.4, 0.5) is 5.69 Å². The third-order valence-corrected chi connectivity index (χ3v) is 4.63. The second kappa shape index (κ2) is 6.05. The highest BCUT2D eigenvalue weighted by atomic mass is 127. The molecule has 0 saturated heterocycles. The van der Waals surface area contributed by atoms with Gasteiger partial charge >= 0.3 is 0 Å². The van der Waals surface area contributed by atoms with E-state index >= 15 is 0 Å². The Kier molecular flexibility index (Phi) is 4.62. The lowest BCUT2D eigenvalue weighted by Crippen LogP contribution is -2.12. The summed E-state index contributed by atoms with van der Waals surface area (Å²) in [5, 5.41) is 2.91. The van der Waals surface area contributed by atoms with Crippen LogP contribution in [0, 0.1) is 17.4 Å². The summed E-state index contributed by atoms with van der Waals surface area (Å²) >= 11 is 5.69. The first-order valence-corrected chi connectivity index (χ1v) is 7.68. The smallest absolute Gasteiger partial charge is 0.255 e. The van der Waals surface area contributed by atoms with E-state index < -0.39 is 0 Å². The molecule has 2 aromatic carbocycles. The molecule has 0 unspecified atom stereocenters. The lowest BCUT2D eigenvalue weighted by Gasteiger charge is -2.09. The van der Waals surface area contributed by atoms with E-state index in [1.807, 2.05) is 50.2 Å². The van der Waals surface area contributed by atoms with Crippen molar-refractivity contribution in [3.63, 3.8) is 0 Å². The molecule has 0 aromatic heterocycles. The molecule has 19 heavy (non-hydrogen) atoms. The van der Waals surface area contributed by atoms with Crippen LogP contribution in [-0.2, 0) is 0 Å². The molecule has 0 saturated carbocycles. The highest BCUT2D eigenvalue weighted by Crippen LogP contribution is 2.24. The standard InChI is InChI=1S/C15H13BrINO/c1-9-3-6-14(12(16)7-9)18-15(19)11-5-4-10(2)13(17)8-11/h3-8H,1-2H3,(H,18,19). The van der Waals surface area contributed by atoms with Crippen molar-refractivity contribution in [2.45, 2.75) is 13.8 Å². The van der Waals surface area contributed by atoms with Crippen molar-refractivity contribution in [2.24, 2.45) is 0 Å². The Morgan fingerprint density at radius 2 is 1.89 bits per heavy atom. The van der Waals surface area contributed by atoms with Gasteiger partial charge in [-0.05, 0) is 87.8 Å². The maximum absolute atomic E-state index is 12.2. The van der Waals surface area contributed by atoms with Crippen molar-refractivity contribution < 1.29 is 4.79 Å². The normalized spacial score (nSPS) is 10.3. The molecule has 0 aliphatic heterocycles. The zero-order valence-corrected chi connectivity index (χ0v) is 14.4. The molecular formula is C15H13BrINO. The number of anilines is 1. The van der Waals surface area contributed by atoms with Gasteiger partial charge in [0.2, 0.25) is 0 Å². The monoisotopic (exact) mass is 429 g/mol. The molecule has 0 heterocycles. The van der Waals surface area contributed by atoms with Crippen molar-refractivity contribution in [3.05, 3.63) is 61.1 Å². The molecule has 0 aliphatic rings. The zero-order chi connectivity index (χ0) is 14.0. The average Bonchev–Trinajstić information content (AvgIpc) is 2.36. The fourth-order valence-corrected chi connectivity index (χ4v) is 2.76. The number of nitrogens with one attached hydrogen (secondary N) is 1. The lowest BCUT2D eigenvalue weighted by molar-refractivity contribution is 0.102. The number of hydrogen-bond acceptors (Lipinski definition) is 1. The predicted molar refractivity (Wildman–Crippen MR) is 90.7 cm³/mol. The second-order valence-electron chi connectivity index (χ2n) is 4.40. The molecule has 0 spiro atoms. The Balaban J connectivity index is 2.23. The summed E-state index contributed by atoms with van der Waals surface area (Å²) in [4.78, 5) is 12.2. The van der Waals surface area contributed by atoms with Gasteiger partial charge in [-0.1, -0.05) is 12.1 Å². The molecule has 1 N–H and O–H groups in total. The topological polar surface area (TPSA) is 29.1 Å². The molecule has 1 amide bonds. The molecule has 98 valence electrons. The summed E-state index contributed by atoms with van der Waals surface area (Å²) in [5.41, 5.74) is 3.78. The third-order valence-electron chi connectivity index (χ3n) is 2.81. The highest BCUT2D eigenvalue weighted by Gasteiger charge is 2.09. The van der Waals surface area contributed by atoms with Crippen LogP contribution in [0.2, 0.25) is 0 Å². The molecular weight excluding hydrogens is 417 g/mol. The zero-order valence-electron chi connectivity index (χ0n) is 10.6. The van der Waals surface area contributed by atoms with Gasteiger partial charge in [0.05, 0.1) is 5.69 Å². The number of carbonyl (C=O) groups excluding carboxylic acids is 1. The van der Waals surface area contributed by atoms with Crippen LogP contribution < -0.4 is 5.32 Å². The minimum Gasteiger partial charge on any atom is -0.321 e. The molecule has 2 aromatic rings. The van der Waals surface area contributed by atoms with E-state index in [2.05, 4.69) is 43.8 Å². The van der Waals surface area contributed by atoms with Crippen LogP contribution in [-0.4, -0.2) is 5.91 Å². The Morgan fingerprint density at radius 3 is 2.53 bits per heavy atom. The molecule has 2 rings (SSSR count). The fourth-order valence-electron chi connectivity index (χ4n) is 1.65. The molecule has 4 heteroatoms. The van der Waals surface area contributed by atoms with Gasteiger partial charge in [-0.15, -0.1) is 0 Å². The van der Waals surface area contributed by atoms with E-state index in [0.717, 1.165) is 19.3 Å². The van der Waals surface area contributed by atoms with Gasteiger partial charge < -0.3 is 5.32 Å². The lowest BCUT2D eigenvalue weighted by atomic mass is 10.1. The largest absolute Gasteiger partial charge is 0.321 e. The number of aryl methyl sites for hydroxylation is 2. The molecule has 0 bridgehead atoms. The van der Waals surface area contributed by atoms with E-state index in [1.165, 1.54) is 5.56 Å². The van der Waals surface area contributed by atoms with Crippen LogP contribution in [0.25, 0.3) is 0 Å². The number of carbonyl (C=O) groups is 1. The first-order valence-electron chi connectivity index (χ1n) is 5.81. The number of benzene rings is 2. The maximum Gasteiger partial charge on any atom is 0.255 e. The van der Waals surface area contributed by atoms with E-state index in [-0.39, 0.29) is 5.91 Å². The maximum atomic E-state index is 12.2. The van der Waals surface area contributed by atoms with Gasteiger partial charge in [0, 0.05) is 13.6 Å². The average molecular weight is 430 g/mol. The Bertz CT molecular complexity index is 640. The Hall–Kier alpha value is -0.880. The minimum atomic E-state index is -0.0949. The quantitative estimate of drug-likeness (QED) is 0.674. The van der Waals surface area contributed by atoms with Crippen molar-refractivity contribution >= 4 is 50.1 Å². The molecule has 0 radical (unpaired) electrons. The second-order valence-corrected chi connectivity index (χ2v) is 6.42. The van der Waals surface area contributed by atoms with E-state index in [0.29, 0.717) is 5.56 Å². The van der Waals surface area contributed by atoms with Crippen molar-refractivity contribution in [1.82, 2.24) is 0 Å². The van der Waals surface area contributed by atoms with Crippen LogP contribution in [0.3, 0.4) is 0 Å². The van der Waals surface area contributed by atoms with Crippen LogP contribution in [0.5, 0.6) is 0 Å². The summed E-state index contributed by atoms with van der Waals surface area (Å²) in [7, 11) is 0. The Labute approximate surface area is 134 Å². The van der Waals surface area contributed by atoms with E-state index in [4.69, 9.17) is 0 Å². The van der Waals surface area contributed by atoms with Gasteiger partial charge in [-0.2, -0.15) is 0 Å². The predicted octanol–water partition coefficient (Wildman–Crippen LogP) is 4.92. The van der Waals surface area contributed by atoms with Crippen LogP contribution >= 0.6 is 38.5 Å². The fraction of sp³-hybridized carbons (Fsp3) is 0.133. The molecule has 2 nitrogen and oxygen atoms in total. The summed E-state index contributed by atoms with van der Waals surface area (Å²) < 4.78 is 1.98. The van der Waals surface area contributed by atoms with Crippen molar-refractivity contribution in [3.8, 4) is 0 Å². The number of amides is 1. The highest BCUT2D eigenvalue weighted by molar-refractivity contribution is 14.1. The summed E-state index contributed by atoms with van der Waals surface area (Å²) in [6, 6.07) is 11.5. The van der Waals surface area contributed by atoms with Crippen molar-refractivity contribution in [2.75, 3.05) is 5.32 Å². The molecule has 0 fully saturated rings. The van der Waals surface area contributed by atoms with Gasteiger partial charge in [0.15, 0.2) is 0 Å². The van der Waals surface area contributed by atoms with Crippen LogP contribution in [0.15, 0.2) is 40.9 Å². The molecule has 0 aliphatic carbocycles. The minimum absolute atomic E-state index is 0.0949. The van der Waals surface area contributed by atoms with Crippen molar-refractivity contribution in [1.29, 1.82) is 0 Å². The van der Waals surface area contributed by atoms with E-state index in [1.54, 1.807) is 0 Å². The SMILES string of the molecule is Cc1ccc(NC(=O)c2ccc(C)c(I)c2)c(Br)c1. The first kappa shape index (κ1) is 14.5. The summed E-state index contributed by atoms with van der Waals surface area (Å²) in [5.74, 6) is -0.0949. The number of hydrogen-bond donors (Lipinski definition) is 1. The number of halogens is 2. The third kappa shape index (κ3) is 3.57.